The van der Waals surface area contributed by atoms with Gasteiger partial charge in [-0.1, -0.05) is 35.5 Å². The van der Waals surface area contributed by atoms with E-state index in [-0.39, 0.29) is 6.10 Å². The zero-order valence-corrected chi connectivity index (χ0v) is 13.7. The molecule has 6 nitrogen and oxygen atoms in total. The Hall–Kier alpha value is -1.76. The quantitative estimate of drug-likeness (QED) is 0.877. The second-order valence-electron chi connectivity index (χ2n) is 6.02. The van der Waals surface area contributed by atoms with Crippen molar-refractivity contribution < 1.29 is 9.26 Å². The number of ether oxygens (including phenoxy) is 1. The van der Waals surface area contributed by atoms with Crippen molar-refractivity contribution in [1.82, 2.24) is 20.4 Å². The summed E-state index contributed by atoms with van der Waals surface area (Å²) in [5, 5.41) is 7.24. The van der Waals surface area contributed by atoms with Crippen LogP contribution in [-0.2, 0) is 17.7 Å². The molecule has 23 heavy (non-hydrogen) atoms. The summed E-state index contributed by atoms with van der Waals surface area (Å²) in [5.41, 5.74) is 1.31. The third kappa shape index (κ3) is 4.37. The summed E-state index contributed by atoms with van der Waals surface area (Å²) in [7, 11) is 1.93. The second-order valence-corrected chi connectivity index (χ2v) is 6.02. The van der Waals surface area contributed by atoms with Crippen LogP contribution < -0.4 is 5.32 Å². The minimum Gasteiger partial charge on any atom is -0.366 e. The third-order valence-electron chi connectivity index (χ3n) is 4.14. The van der Waals surface area contributed by atoms with Crippen LogP contribution in [-0.4, -0.2) is 47.8 Å². The van der Waals surface area contributed by atoms with Crippen molar-refractivity contribution in [2.75, 3.05) is 26.7 Å². The van der Waals surface area contributed by atoms with Gasteiger partial charge in [-0.25, -0.2) is 0 Å². The lowest BCUT2D eigenvalue weighted by Crippen LogP contribution is -2.37. The highest BCUT2D eigenvalue weighted by Crippen LogP contribution is 2.22. The number of benzene rings is 1. The molecule has 2 unspecified atom stereocenters. The van der Waals surface area contributed by atoms with Crippen LogP contribution in [0.25, 0.3) is 0 Å². The summed E-state index contributed by atoms with van der Waals surface area (Å²) in [6.07, 6.45) is 0.610. The topological polar surface area (TPSA) is 63.4 Å². The zero-order chi connectivity index (χ0) is 16.1. The molecule has 0 radical (unpaired) electrons. The van der Waals surface area contributed by atoms with E-state index in [0.29, 0.717) is 18.5 Å². The summed E-state index contributed by atoms with van der Waals surface area (Å²) >= 11 is 0. The van der Waals surface area contributed by atoms with Gasteiger partial charge >= 0.3 is 0 Å². The number of hydrogen-bond acceptors (Lipinski definition) is 6. The molecule has 0 amide bonds. The highest BCUT2D eigenvalue weighted by molar-refractivity contribution is 5.14. The van der Waals surface area contributed by atoms with Gasteiger partial charge in [-0.3, -0.25) is 4.90 Å². The molecular formula is C17H24N4O2. The van der Waals surface area contributed by atoms with Crippen molar-refractivity contribution in [3.8, 4) is 0 Å². The molecule has 1 fully saturated rings. The Balaban J connectivity index is 1.60. The zero-order valence-electron chi connectivity index (χ0n) is 13.7. The van der Waals surface area contributed by atoms with Gasteiger partial charge in [0.15, 0.2) is 5.82 Å². The van der Waals surface area contributed by atoms with Gasteiger partial charge in [0.1, 0.15) is 6.10 Å². The van der Waals surface area contributed by atoms with Crippen molar-refractivity contribution in [3.63, 3.8) is 0 Å². The van der Waals surface area contributed by atoms with E-state index < -0.39 is 0 Å². The minimum atomic E-state index is -0.140. The number of nitrogens with one attached hydrogen (secondary N) is 1. The Morgan fingerprint density at radius 3 is 2.96 bits per heavy atom. The fourth-order valence-electron chi connectivity index (χ4n) is 2.69. The molecule has 1 aromatic heterocycles. The largest absolute Gasteiger partial charge is 0.366 e. The van der Waals surface area contributed by atoms with Crippen LogP contribution in [0.15, 0.2) is 34.9 Å². The molecule has 1 aromatic carbocycles. The molecule has 3 rings (SSSR count). The van der Waals surface area contributed by atoms with Crippen LogP contribution in [0.2, 0.25) is 0 Å². The average molecular weight is 316 g/mol. The lowest BCUT2D eigenvalue weighted by Gasteiger charge is -2.31. The first-order chi connectivity index (χ1) is 11.2. The summed E-state index contributed by atoms with van der Waals surface area (Å²) in [4.78, 5) is 6.86. The molecule has 1 aliphatic heterocycles. The lowest BCUT2D eigenvalue weighted by atomic mass is 10.2. The van der Waals surface area contributed by atoms with E-state index in [1.54, 1.807) is 0 Å². The van der Waals surface area contributed by atoms with E-state index in [1.165, 1.54) is 5.56 Å². The van der Waals surface area contributed by atoms with Gasteiger partial charge in [-0.15, -0.1) is 0 Å². The van der Waals surface area contributed by atoms with Crippen molar-refractivity contribution in [2.24, 2.45) is 0 Å². The predicted molar refractivity (Wildman–Crippen MR) is 86.9 cm³/mol. The van der Waals surface area contributed by atoms with Gasteiger partial charge in [0.05, 0.1) is 6.61 Å². The number of morpholine rings is 1. The maximum absolute atomic E-state index is 5.82. The van der Waals surface area contributed by atoms with E-state index in [9.17, 15) is 0 Å². The van der Waals surface area contributed by atoms with Gasteiger partial charge in [-0.2, -0.15) is 4.98 Å². The third-order valence-corrected chi connectivity index (χ3v) is 4.14. The van der Waals surface area contributed by atoms with Crippen molar-refractivity contribution in [2.45, 2.75) is 32.0 Å². The number of hydrogen-bond donors (Lipinski definition) is 1. The Morgan fingerprint density at radius 2 is 2.17 bits per heavy atom. The molecule has 0 saturated carbocycles. The first kappa shape index (κ1) is 16.1. The molecular weight excluding hydrogens is 292 g/mol. The van der Waals surface area contributed by atoms with Gasteiger partial charge in [0.25, 0.3) is 5.89 Å². The van der Waals surface area contributed by atoms with Crippen LogP contribution in [0.5, 0.6) is 0 Å². The first-order valence-electron chi connectivity index (χ1n) is 8.12. The predicted octanol–water partition coefficient (Wildman–Crippen LogP) is 1.79. The van der Waals surface area contributed by atoms with Crippen LogP contribution in [0.3, 0.4) is 0 Å². The smallest absolute Gasteiger partial charge is 0.257 e. The van der Waals surface area contributed by atoms with Gasteiger partial charge in [0, 0.05) is 32.1 Å². The Labute approximate surface area is 136 Å². The standard InChI is InChI=1S/C17H24N4O2/c1-13(18-2)10-16-19-17(23-20-16)15-12-21(8-9-22-15)11-14-6-4-3-5-7-14/h3-7,13,15,18H,8-12H2,1-2H3. The molecule has 2 aromatic rings. The molecule has 1 N–H and O–H groups in total. The van der Waals surface area contributed by atoms with Crippen LogP contribution >= 0.6 is 0 Å². The normalized spacial score (nSPS) is 20.5. The Kier molecular flexibility index (Phi) is 5.38. The Morgan fingerprint density at radius 1 is 1.35 bits per heavy atom. The van der Waals surface area contributed by atoms with E-state index >= 15 is 0 Å². The number of aromatic nitrogens is 2. The van der Waals surface area contributed by atoms with E-state index in [1.807, 2.05) is 13.1 Å². The monoisotopic (exact) mass is 316 g/mol. The maximum atomic E-state index is 5.82. The Bertz CT molecular complexity index is 602. The second kappa shape index (κ2) is 7.68. The number of likely N-dealkylation sites (N-methyl/N-ethyl adjacent to an activating group) is 1. The van der Waals surface area contributed by atoms with Crippen molar-refractivity contribution >= 4 is 0 Å². The number of nitrogens with zero attached hydrogens (tertiary/aromatic N) is 3. The van der Waals surface area contributed by atoms with E-state index in [0.717, 1.165) is 31.9 Å². The molecule has 2 heterocycles. The summed E-state index contributed by atoms with van der Waals surface area (Å²) in [6.45, 7) is 5.39. The van der Waals surface area contributed by atoms with Crippen molar-refractivity contribution in [3.05, 3.63) is 47.6 Å². The van der Waals surface area contributed by atoms with Crippen LogP contribution in [0.4, 0.5) is 0 Å². The van der Waals surface area contributed by atoms with E-state index in [4.69, 9.17) is 9.26 Å². The molecule has 0 bridgehead atoms. The highest BCUT2D eigenvalue weighted by Gasteiger charge is 2.27. The van der Waals surface area contributed by atoms with Crippen molar-refractivity contribution in [1.29, 1.82) is 0 Å². The summed E-state index contributed by atoms with van der Waals surface area (Å²) < 4.78 is 11.2. The SMILES string of the molecule is CNC(C)Cc1noc(C2CN(Cc3ccccc3)CCO2)n1. The molecule has 124 valence electrons. The summed E-state index contributed by atoms with van der Waals surface area (Å²) in [5.74, 6) is 1.31. The molecule has 1 aliphatic rings. The van der Waals surface area contributed by atoms with E-state index in [2.05, 4.69) is 51.5 Å². The maximum Gasteiger partial charge on any atom is 0.257 e. The lowest BCUT2D eigenvalue weighted by molar-refractivity contribution is -0.0475. The molecule has 2 atom stereocenters. The fourth-order valence-corrected chi connectivity index (χ4v) is 2.69. The van der Waals surface area contributed by atoms with Crippen LogP contribution in [0, 0.1) is 0 Å². The van der Waals surface area contributed by atoms with Gasteiger partial charge < -0.3 is 14.6 Å². The summed E-state index contributed by atoms with van der Waals surface area (Å²) in [6, 6.07) is 10.8. The molecule has 0 aliphatic carbocycles. The number of rotatable bonds is 6. The fraction of sp³-hybridized carbons (Fsp3) is 0.529. The van der Waals surface area contributed by atoms with Gasteiger partial charge in [0.2, 0.25) is 0 Å². The van der Waals surface area contributed by atoms with Crippen LogP contribution in [0.1, 0.15) is 30.3 Å². The average Bonchev–Trinajstić information content (AvgIpc) is 3.04. The molecule has 1 saturated heterocycles. The first-order valence-corrected chi connectivity index (χ1v) is 8.12. The molecule has 0 spiro atoms. The highest BCUT2D eigenvalue weighted by atomic mass is 16.5. The van der Waals surface area contributed by atoms with Gasteiger partial charge in [-0.05, 0) is 19.5 Å². The minimum absolute atomic E-state index is 0.140. The molecule has 6 heteroatoms.